The van der Waals surface area contributed by atoms with Crippen molar-refractivity contribution in [2.45, 2.75) is 46.6 Å². The van der Waals surface area contributed by atoms with Crippen molar-refractivity contribution in [2.75, 3.05) is 26.2 Å². The first-order chi connectivity index (χ1) is 8.30. The molecule has 0 aliphatic carbocycles. The van der Waals surface area contributed by atoms with Gasteiger partial charge in [-0.3, -0.25) is 9.59 Å². The zero-order valence-corrected chi connectivity index (χ0v) is 12.3. The summed E-state index contributed by atoms with van der Waals surface area (Å²) in [4.78, 5) is 25.2. The van der Waals surface area contributed by atoms with Crippen molar-refractivity contribution in [3.8, 4) is 0 Å². The SMILES string of the molecule is CCN(CC)CCCNC(=O)C(=O)NC(C)(C)C. The molecule has 0 saturated heterocycles. The Morgan fingerprint density at radius 1 is 1.06 bits per heavy atom. The summed E-state index contributed by atoms with van der Waals surface area (Å²) < 4.78 is 0. The average molecular weight is 257 g/mol. The Hall–Kier alpha value is -1.10. The standard InChI is InChI=1S/C13H27N3O2/c1-6-16(7-2)10-8-9-14-11(17)12(18)15-13(3,4)5/h6-10H2,1-5H3,(H,14,17)(H,15,18). The smallest absolute Gasteiger partial charge is 0.309 e. The first kappa shape index (κ1) is 16.9. The summed E-state index contributed by atoms with van der Waals surface area (Å²) in [6, 6.07) is 0. The van der Waals surface area contributed by atoms with Crippen molar-refractivity contribution < 1.29 is 9.59 Å². The molecule has 2 amide bonds. The fourth-order valence-corrected chi connectivity index (χ4v) is 1.52. The molecule has 0 fully saturated rings. The van der Waals surface area contributed by atoms with E-state index in [2.05, 4.69) is 29.4 Å². The normalized spacial score (nSPS) is 11.4. The van der Waals surface area contributed by atoms with Crippen molar-refractivity contribution in [3.63, 3.8) is 0 Å². The molecule has 0 aromatic heterocycles. The highest BCUT2D eigenvalue weighted by Gasteiger charge is 2.19. The maximum absolute atomic E-state index is 11.5. The number of rotatable bonds is 6. The second-order valence-electron chi connectivity index (χ2n) is 5.34. The highest BCUT2D eigenvalue weighted by molar-refractivity contribution is 6.35. The summed E-state index contributed by atoms with van der Waals surface area (Å²) in [5, 5.41) is 5.26. The maximum atomic E-state index is 11.5. The minimum atomic E-state index is -0.565. The molecule has 0 aromatic carbocycles. The second-order valence-corrected chi connectivity index (χ2v) is 5.34. The Morgan fingerprint density at radius 2 is 1.61 bits per heavy atom. The molecule has 0 aromatic rings. The van der Waals surface area contributed by atoms with Crippen LogP contribution in [-0.4, -0.2) is 48.4 Å². The lowest BCUT2D eigenvalue weighted by molar-refractivity contribution is -0.140. The summed E-state index contributed by atoms with van der Waals surface area (Å²) in [7, 11) is 0. The van der Waals surface area contributed by atoms with Crippen LogP contribution in [0.2, 0.25) is 0 Å². The summed E-state index contributed by atoms with van der Waals surface area (Å²) >= 11 is 0. The van der Waals surface area contributed by atoms with Crippen LogP contribution in [0.25, 0.3) is 0 Å². The van der Waals surface area contributed by atoms with E-state index in [1.807, 2.05) is 20.8 Å². The number of hydrogen-bond acceptors (Lipinski definition) is 3. The minimum Gasteiger partial charge on any atom is -0.348 e. The number of hydrogen-bond donors (Lipinski definition) is 2. The van der Waals surface area contributed by atoms with Crippen LogP contribution in [0, 0.1) is 0 Å². The third-order valence-corrected chi connectivity index (χ3v) is 2.53. The summed E-state index contributed by atoms with van der Waals surface area (Å²) in [6.45, 7) is 13.2. The van der Waals surface area contributed by atoms with E-state index in [0.29, 0.717) is 6.54 Å². The van der Waals surface area contributed by atoms with Crippen LogP contribution in [0.15, 0.2) is 0 Å². The first-order valence-corrected chi connectivity index (χ1v) is 6.62. The van der Waals surface area contributed by atoms with Crippen molar-refractivity contribution in [1.82, 2.24) is 15.5 Å². The Labute approximate surface area is 110 Å². The van der Waals surface area contributed by atoms with Crippen LogP contribution >= 0.6 is 0 Å². The van der Waals surface area contributed by atoms with Gasteiger partial charge in [0, 0.05) is 12.1 Å². The monoisotopic (exact) mass is 257 g/mol. The molecule has 0 spiro atoms. The van der Waals surface area contributed by atoms with Crippen LogP contribution < -0.4 is 10.6 Å². The molecule has 0 bridgehead atoms. The molecule has 0 atom stereocenters. The van der Waals surface area contributed by atoms with Gasteiger partial charge in [0.1, 0.15) is 0 Å². The van der Waals surface area contributed by atoms with E-state index in [0.717, 1.165) is 26.1 Å². The largest absolute Gasteiger partial charge is 0.348 e. The van der Waals surface area contributed by atoms with E-state index in [1.165, 1.54) is 0 Å². The fourth-order valence-electron chi connectivity index (χ4n) is 1.52. The Morgan fingerprint density at radius 3 is 2.06 bits per heavy atom. The van der Waals surface area contributed by atoms with Crippen molar-refractivity contribution >= 4 is 11.8 Å². The highest BCUT2D eigenvalue weighted by atomic mass is 16.2. The Kier molecular flexibility index (Phi) is 7.59. The van der Waals surface area contributed by atoms with Crippen LogP contribution in [0.4, 0.5) is 0 Å². The Balaban J connectivity index is 3.80. The van der Waals surface area contributed by atoms with Gasteiger partial charge >= 0.3 is 11.8 Å². The molecular formula is C13H27N3O2. The lowest BCUT2D eigenvalue weighted by Gasteiger charge is -2.20. The van der Waals surface area contributed by atoms with Gasteiger partial charge in [-0.1, -0.05) is 13.8 Å². The van der Waals surface area contributed by atoms with Crippen molar-refractivity contribution in [3.05, 3.63) is 0 Å². The topological polar surface area (TPSA) is 61.4 Å². The lowest BCUT2D eigenvalue weighted by Crippen LogP contribution is -2.48. The van der Waals surface area contributed by atoms with E-state index in [4.69, 9.17) is 0 Å². The van der Waals surface area contributed by atoms with E-state index >= 15 is 0 Å². The lowest BCUT2D eigenvalue weighted by atomic mass is 10.1. The maximum Gasteiger partial charge on any atom is 0.309 e. The zero-order chi connectivity index (χ0) is 14.2. The van der Waals surface area contributed by atoms with E-state index in [9.17, 15) is 9.59 Å². The number of carbonyl (C=O) groups excluding carboxylic acids is 2. The van der Waals surface area contributed by atoms with Crippen molar-refractivity contribution in [2.24, 2.45) is 0 Å². The van der Waals surface area contributed by atoms with Crippen molar-refractivity contribution in [1.29, 1.82) is 0 Å². The number of amides is 2. The van der Waals surface area contributed by atoms with Gasteiger partial charge in [-0.25, -0.2) is 0 Å². The van der Waals surface area contributed by atoms with E-state index < -0.39 is 11.8 Å². The molecule has 0 radical (unpaired) electrons. The average Bonchev–Trinajstić information content (AvgIpc) is 2.26. The molecule has 5 nitrogen and oxygen atoms in total. The first-order valence-electron chi connectivity index (χ1n) is 6.62. The van der Waals surface area contributed by atoms with Crippen LogP contribution in [0.3, 0.4) is 0 Å². The molecule has 0 unspecified atom stereocenters. The molecule has 18 heavy (non-hydrogen) atoms. The fraction of sp³-hybridized carbons (Fsp3) is 0.846. The predicted octanol–water partition coefficient (Wildman–Crippen LogP) is 0.749. The Bertz CT molecular complexity index is 268. The minimum absolute atomic E-state index is 0.379. The highest BCUT2D eigenvalue weighted by Crippen LogP contribution is 1.97. The second kappa shape index (κ2) is 8.08. The number of carbonyl (C=O) groups is 2. The molecule has 0 aliphatic rings. The summed E-state index contributed by atoms with van der Waals surface area (Å²) in [5.74, 6) is -1.12. The zero-order valence-electron chi connectivity index (χ0n) is 12.3. The van der Waals surface area contributed by atoms with Gasteiger partial charge in [0.25, 0.3) is 0 Å². The number of nitrogens with zero attached hydrogens (tertiary/aromatic N) is 1. The van der Waals surface area contributed by atoms with Gasteiger partial charge in [-0.15, -0.1) is 0 Å². The van der Waals surface area contributed by atoms with Gasteiger partial charge in [0.2, 0.25) is 0 Å². The van der Waals surface area contributed by atoms with Gasteiger partial charge in [-0.05, 0) is 46.8 Å². The van der Waals surface area contributed by atoms with E-state index in [-0.39, 0.29) is 5.54 Å². The predicted molar refractivity (Wildman–Crippen MR) is 73.3 cm³/mol. The molecular weight excluding hydrogens is 230 g/mol. The third kappa shape index (κ3) is 8.06. The van der Waals surface area contributed by atoms with E-state index in [1.54, 1.807) is 0 Å². The molecule has 0 saturated carbocycles. The van der Waals surface area contributed by atoms with Gasteiger partial charge in [0.05, 0.1) is 0 Å². The van der Waals surface area contributed by atoms with Gasteiger partial charge in [-0.2, -0.15) is 0 Å². The van der Waals surface area contributed by atoms with Gasteiger partial charge in [0.15, 0.2) is 0 Å². The molecule has 2 N–H and O–H groups in total. The number of nitrogens with one attached hydrogen (secondary N) is 2. The third-order valence-electron chi connectivity index (χ3n) is 2.53. The van der Waals surface area contributed by atoms with Crippen LogP contribution in [0.1, 0.15) is 41.0 Å². The van der Waals surface area contributed by atoms with Crippen LogP contribution in [0.5, 0.6) is 0 Å². The molecule has 0 rings (SSSR count). The molecule has 0 aliphatic heterocycles. The van der Waals surface area contributed by atoms with Crippen LogP contribution in [-0.2, 0) is 9.59 Å². The molecule has 106 valence electrons. The summed E-state index contributed by atoms with van der Waals surface area (Å²) in [5.41, 5.74) is -0.379. The summed E-state index contributed by atoms with van der Waals surface area (Å²) in [6.07, 6.45) is 0.857. The quantitative estimate of drug-likeness (QED) is 0.545. The molecule has 5 heteroatoms. The molecule has 0 heterocycles. The van der Waals surface area contributed by atoms with Gasteiger partial charge < -0.3 is 15.5 Å².